The number of hydrogen-bond donors (Lipinski definition) is 2. The first kappa shape index (κ1) is 23.2. The third kappa shape index (κ3) is 7.02. The second-order valence-corrected chi connectivity index (χ2v) is 7.23. The van der Waals surface area contributed by atoms with Crippen molar-refractivity contribution >= 4 is 35.8 Å². The molecule has 3 rings (SSSR count). The number of nitrogens with two attached hydrogens (primary N) is 1. The Balaban J connectivity index is 0.00000300. The van der Waals surface area contributed by atoms with E-state index in [1.807, 2.05) is 16.9 Å². The van der Waals surface area contributed by atoms with E-state index < -0.39 is 0 Å². The molecule has 1 aliphatic heterocycles. The quantitative estimate of drug-likeness (QED) is 0.341. The van der Waals surface area contributed by atoms with Gasteiger partial charge in [0, 0.05) is 45.0 Å². The van der Waals surface area contributed by atoms with Crippen LogP contribution in [0.25, 0.3) is 5.69 Å². The maximum absolute atomic E-state index is 11.3. The number of guanidine groups is 1. The van der Waals surface area contributed by atoms with Crippen molar-refractivity contribution in [1.29, 1.82) is 0 Å². The van der Waals surface area contributed by atoms with Crippen LogP contribution < -0.4 is 11.1 Å². The van der Waals surface area contributed by atoms with Crippen molar-refractivity contribution in [2.75, 3.05) is 26.2 Å². The molecule has 2 heterocycles. The molecule has 1 fully saturated rings. The number of hydrogen-bond acceptors (Lipinski definition) is 3. The Hall–Kier alpha value is -2.10. The number of amides is 1. The van der Waals surface area contributed by atoms with Crippen molar-refractivity contribution in [3.8, 4) is 5.69 Å². The van der Waals surface area contributed by atoms with E-state index in [0.29, 0.717) is 12.3 Å². The lowest BCUT2D eigenvalue weighted by Crippen LogP contribution is -2.47. The number of carbonyl (C=O) groups is 1. The maximum Gasteiger partial charge on any atom is 0.217 e. The topological polar surface area (TPSA) is 88.5 Å². The molecule has 8 heteroatoms. The zero-order chi connectivity index (χ0) is 19.8. The SMILES string of the molecule is CCNC(=NCCc1ccc(-n2cccn2)cc1)N1CCCC(CC(N)=O)C1.I. The first-order valence-electron chi connectivity index (χ1n) is 10.1. The minimum absolute atomic E-state index is 0. The predicted octanol–water partition coefficient (Wildman–Crippen LogP) is 2.59. The minimum Gasteiger partial charge on any atom is -0.370 e. The predicted molar refractivity (Wildman–Crippen MR) is 127 cm³/mol. The minimum atomic E-state index is -0.215. The number of nitrogens with one attached hydrogen (secondary N) is 1. The molecular formula is C21H31IN6O. The van der Waals surface area contributed by atoms with E-state index in [1.54, 1.807) is 6.20 Å². The monoisotopic (exact) mass is 510 g/mol. The van der Waals surface area contributed by atoms with E-state index in [2.05, 4.69) is 46.5 Å². The van der Waals surface area contributed by atoms with Crippen LogP contribution in [0, 0.1) is 5.92 Å². The summed E-state index contributed by atoms with van der Waals surface area (Å²) in [7, 11) is 0. The highest BCUT2D eigenvalue weighted by atomic mass is 127. The normalized spacial score (nSPS) is 16.9. The molecule has 1 aliphatic rings. The van der Waals surface area contributed by atoms with Crippen LogP contribution in [0.3, 0.4) is 0 Å². The molecule has 0 bridgehead atoms. The van der Waals surface area contributed by atoms with Gasteiger partial charge >= 0.3 is 0 Å². The van der Waals surface area contributed by atoms with Crippen molar-refractivity contribution in [3.63, 3.8) is 0 Å². The summed E-state index contributed by atoms with van der Waals surface area (Å²) >= 11 is 0. The summed E-state index contributed by atoms with van der Waals surface area (Å²) in [5.41, 5.74) is 7.69. The van der Waals surface area contributed by atoms with Gasteiger partial charge in [-0.05, 0) is 55.9 Å². The molecule has 0 saturated carbocycles. The number of primary amides is 1. The van der Waals surface area contributed by atoms with Gasteiger partial charge in [0.25, 0.3) is 0 Å². The molecule has 1 aromatic carbocycles. The van der Waals surface area contributed by atoms with E-state index in [9.17, 15) is 4.79 Å². The largest absolute Gasteiger partial charge is 0.370 e. The molecule has 1 unspecified atom stereocenters. The van der Waals surface area contributed by atoms with Crippen LogP contribution in [-0.4, -0.2) is 52.7 Å². The summed E-state index contributed by atoms with van der Waals surface area (Å²) in [6, 6.07) is 10.3. The molecule has 0 radical (unpaired) electrons. The van der Waals surface area contributed by atoms with Crippen molar-refractivity contribution in [3.05, 3.63) is 48.3 Å². The second kappa shape index (κ2) is 11.8. The molecular weight excluding hydrogens is 479 g/mol. The van der Waals surface area contributed by atoms with Gasteiger partial charge in [-0.25, -0.2) is 4.68 Å². The maximum atomic E-state index is 11.3. The summed E-state index contributed by atoms with van der Waals surface area (Å²) < 4.78 is 1.85. The summed E-state index contributed by atoms with van der Waals surface area (Å²) in [4.78, 5) is 18.3. The van der Waals surface area contributed by atoms with Crippen LogP contribution in [0.1, 0.15) is 31.7 Å². The summed E-state index contributed by atoms with van der Waals surface area (Å²) in [6.07, 6.45) is 7.18. The summed E-state index contributed by atoms with van der Waals surface area (Å²) in [6.45, 7) is 5.44. The lowest BCUT2D eigenvalue weighted by Gasteiger charge is -2.34. The van der Waals surface area contributed by atoms with Crippen LogP contribution in [0.5, 0.6) is 0 Å². The van der Waals surface area contributed by atoms with Crippen LogP contribution >= 0.6 is 24.0 Å². The zero-order valence-electron chi connectivity index (χ0n) is 17.0. The fraction of sp³-hybridized carbons (Fsp3) is 0.476. The van der Waals surface area contributed by atoms with Gasteiger partial charge < -0.3 is 16.0 Å². The van der Waals surface area contributed by atoms with Gasteiger partial charge in [0.15, 0.2) is 5.96 Å². The Bertz CT molecular complexity index is 775. The number of rotatable bonds is 7. The average Bonchev–Trinajstić information content (AvgIpc) is 3.22. The number of nitrogens with zero attached hydrogens (tertiary/aromatic N) is 4. The Morgan fingerprint density at radius 1 is 1.34 bits per heavy atom. The molecule has 1 amide bonds. The van der Waals surface area contributed by atoms with Crippen LogP contribution in [-0.2, 0) is 11.2 Å². The smallest absolute Gasteiger partial charge is 0.217 e. The van der Waals surface area contributed by atoms with Gasteiger partial charge in [0.05, 0.1) is 5.69 Å². The number of carbonyl (C=O) groups excluding carboxylic acids is 1. The standard InChI is InChI=1S/C21H30N6O.HI/c1-2-23-21(26-13-3-5-18(16-26)15-20(22)28)24-12-10-17-6-8-19(9-7-17)27-14-4-11-25-27;/h4,6-9,11,14,18H,2-3,5,10,12-13,15-16H2,1H3,(H2,22,28)(H,23,24);1H. The van der Waals surface area contributed by atoms with Gasteiger partial charge in [-0.2, -0.15) is 5.10 Å². The molecule has 158 valence electrons. The highest BCUT2D eigenvalue weighted by Crippen LogP contribution is 2.19. The van der Waals surface area contributed by atoms with Gasteiger partial charge in [-0.1, -0.05) is 12.1 Å². The van der Waals surface area contributed by atoms with E-state index in [-0.39, 0.29) is 29.9 Å². The molecule has 29 heavy (non-hydrogen) atoms. The molecule has 0 spiro atoms. The Labute approximate surface area is 189 Å². The fourth-order valence-electron chi connectivity index (χ4n) is 3.66. The highest BCUT2D eigenvalue weighted by Gasteiger charge is 2.23. The van der Waals surface area contributed by atoms with E-state index in [0.717, 1.165) is 57.1 Å². The zero-order valence-corrected chi connectivity index (χ0v) is 19.3. The lowest BCUT2D eigenvalue weighted by molar-refractivity contribution is -0.119. The van der Waals surface area contributed by atoms with Gasteiger partial charge in [-0.3, -0.25) is 9.79 Å². The second-order valence-electron chi connectivity index (χ2n) is 7.23. The van der Waals surface area contributed by atoms with Gasteiger partial charge in [0.2, 0.25) is 5.91 Å². The van der Waals surface area contributed by atoms with Crippen molar-refractivity contribution in [2.24, 2.45) is 16.6 Å². The number of aliphatic imine (C=N–C) groups is 1. The third-order valence-corrected chi connectivity index (χ3v) is 5.01. The number of piperidine rings is 1. The Morgan fingerprint density at radius 3 is 2.79 bits per heavy atom. The summed E-state index contributed by atoms with van der Waals surface area (Å²) in [5.74, 6) is 1.04. The number of likely N-dealkylation sites (tertiary alicyclic amines) is 1. The highest BCUT2D eigenvalue weighted by molar-refractivity contribution is 14.0. The average molecular weight is 510 g/mol. The van der Waals surface area contributed by atoms with Crippen LogP contribution in [0.2, 0.25) is 0 Å². The number of aromatic nitrogens is 2. The van der Waals surface area contributed by atoms with E-state index in [4.69, 9.17) is 10.7 Å². The fourth-order valence-corrected chi connectivity index (χ4v) is 3.66. The molecule has 1 aromatic heterocycles. The number of benzene rings is 1. The van der Waals surface area contributed by atoms with E-state index in [1.165, 1.54) is 5.56 Å². The molecule has 1 saturated heterocycles. The lowest BCUT2D eigenvalue weighted by atomic mass is 9.95. The third-order valence-electron chi connectivity index (χ3n) is 5.01. The first-order valence-corrected chi connectivity index (χ1v) is 10.1. The molecule has 0 aliphatic carbocycles. The summed E-state index contributed by atoms with van der Waals surface area (Å²) in [5, 5.41) is 7.64. The van der Waals surface area contributed by atoms with Crippen LogP contribution in [0.4, 0.5) is 0 Å². The van der Waals surface area contributed by atoms with Gasteiger partial charge in [0.1, 0.15) is 0 Å². The van der Waals surface area contributed by atoms with Crippen molar-refractivity contribution < 1.29 is 4.79 Å². The Kier molecular flexibility index (Phi) is 9.43. The Morgan fingerprint density at radius 2 is 2.14 bits per heavy atom. The van der Waals surface area contributed by atoms with E-state index >= 15 is 0 Å². The number of halogens is 1. The molecule has 7 nitrogen and oxygen atoms in total. The van der Waals surface area contributed by atoms with Crippen molar-refractivity contribution in [2.45, 2.75) is 32.6 Å². The molecule has 2 aromatic rings. The van der Waals surface area contributed by atoms with Crippen LogP contribution in [0.15, 0.2) is 47.7 Å². The van der Waals surface area contributed by atoms with Crippen molar-refractivity contribution in [1.82, 2.24) is 20.0 Å². The van der Waals surface area contributed by atoms with Gasteiger partial charge in [-0.15, -0.1) is 24.0 Å². The molecule has 3 N–H and O–H groups in total. The molecule has 1 atom stereocenters. The first-order chi connectivity index (χ1) is 13.7.